The molecule has 0 spiro atoms. The molecule has 2 aliphatic carbocycles. The van der Waals surface area contributed by atoms with E-state index in [1.165, 1.54) is 77.0 Å². The van der Waals surface area contributed by atoms with E-state index in [0.717, 1.165) is 17.3 Å². The van der Waals surface area contributed by atoms with Crippen molar-refractivity contribution in [3.8, 4) is 0 Å². The Morgan fingerprint density at radius 3 is 1.59 bits per heavy atom. The first kappa shape index (κ1) is 18.3. The van der Waals surface area contributed by atoms with Crippen LogP contribution in [0.5, 0.6) is 0 Å². The molecule has 0 heterocycles. The molecule has 22 heavy (non-hydrogen) atoms. The largest absolute Gasteiger partial charge is 0.0654 e. The monoisotopic (exact) mass is 306 g/mol. The van der Waals surface area contributed by atoms with Crippen molar-refractivity contribution in [1.29, 1.82) is 0 Å². The Morgan fingerprint density at radius 1 is 0.591 bits per heavy atom. The molecule has 0 aliphatic heterocycles. The lowest BCUT2D eigenvalue weighted by molar-refractivity contribution is 0.00182. The second-order valence-corrected chi connectivity index (χ2v) is 8.46. The van der Waals surface area contributed by atoms with Gasteiger partial charge in [-0.25, -0.2) is 0 Å². The Hall–Kier alpha value is 0. The minimum atomic E-state index is 0.739. The Labute approximate surface area is 140 Å². The molecule has 0 unspecified atom stereocenters. The second-order valence-electron chi connectivity index (χ2n) is 8.46. The van der Waals surface area contributed by atoms with Crippen molar-refractivity contribution in [3.05, 3.63) is 0 Å². The van der Waals surface area contributed by atoms with E-state index in [0.29, 0.717) is 0 Å². The highest BCUT2D eigenvalue weighted by atomic mass is 14.5. The molecule has 0 atom stereocenters. The molecule has 0 aromatic heterocycles. The molecule has 0 radical (unpaired) electrons. The first-order chi connectivity index (χ1) is 10.8. The van der Waals surface area contributed by atoms with Gasteiger partial charge < -0.3 is 0 Å². The van der Waals surface area contributed by atoms with Crippen LogP contribution >= 0.6 is 0 Å². The molecule has 0 aromatic carbocycles. The Kier molecular flexibility index (Phi) is 8.33. The zero-order chi connectivity index (χ0) is 15.7. The molecule has 2 fully saturated rings. The lowest BCUT2D eigenvalue weighted by Gasteiger charge is -2.50. The quantitative estimate of drug-likeness (QED) is 0.380. The Bertz CT molecular complexity index is 250. The zero-order valence-electron chi connectivity index (χ0n) is 15.7. The Morgan fingerprint density at radius 2 is 1.14 bits per heavy atom. The minimum Gasteiger partial charge on any atom is -0.0654 e. The maximum absolute atomic E-state index is 2.45. The van der Waals surface area contributed by atoms with Gasteiger partial charge in [-0.1, -0.05) is 84.5 Å². The van der Waals surface area contributed by atoms with E-state index in [2.05, 4.69) is 13.8 Å². The van der Waals surface area contributed by atoms with Crippen LogP contribution in [0.1, 0.15) is 123 Å². The van der Waals surface area contributed by atoms with Gasteiger partial charge in [0.1, 0.15) is 0 Å². The summed E-state index contributed by atoms with van der Waals surface area (Å²) in [6.07, 6.45) is 25.7. The van der Waals surface area contributed by atoms with Crippen LogP contribution in [0.15, 0.2) is 0 Å². The van der Waals surface area contributed by atoms with Crippen LogP contribution in [0.2, 0.25) is 0 Å². The van der Waals surface area contributed by atoms with Gasteiger partial charge in [0.2, 0.25) is 0 Å². The van der Waals surface area contributed by atoms with Crippen molar-refractivity contribution in [3.63, 3.8) is 0 Å². The van der Waals surface area contributed by atoms with Gasteiger partial charge in [-0.3, -0.25) is 0 Å². The molecule has 0 amide bonds. The standard InChI is InChI=1S/C22H42/c1-3-5-6-13-19-22(18-4-2,20-14-9-7-10-15-20)21-16-11-8-12-17-21/h20-21H,3-19H2,1-2H3. The van der Waals surface area contributed by atoms with Gasteiger partial charge >= 0.3 is 0 Å². The molecule has 2 aliphatic rings. The molecule has 2 saturated carbocycles. The SMILES string of the molecule is CCCCCCC(CCC)(C1CCCCC1)C1CCCCC1. The predicted molar refractivity (Wildman–Crippen MR) is 99.3 cm³/mol. The average Bonchev–Trinajstić information content (AvgIpc) is 2.59. The van der Waals surface area contributed by atoms with E-state index in [9.17, 15) is 0 Å². The van der Waals surface area contributed by atoms with Gasteiger partial charge in [0.05, 0.1) is 0 Å². The summed E-state index contributed by atoms with van der Waals surface area (Å²) in [5, 5.41) is 0. The first-order valence-electron chi connectivity index (χ1n) is 10.8. The van der Waals surface area contributed by atoms with Crippen molar-refractivity contribution in [1.82, 2.24) is 0 Å². The van der Waals surface area contributed by atoms with Crippen molar-refractivity contribution in [2.75, 3.05) is 0 Å². The summed E-state index contributed by atoms with van der Waals surface area (Å²) in [7, 11) is 0. The molecule has 0 N–H and O–H groups in total. The van der Waals surface area contributed by atoms with Crippen LogP contribution in [0, 0.1) is 17.3 Å². The maximum atomic E-state index is 2.45. The first-order valence-corrected chi connectivity index (χ1v) is 10.8. The van der Waals surface area contributed by atoms with E-state index < -0.39 is 0 Å². The third-order valence-corrected chi connectivity index (χ3v) is 7.05. The van der Waals surface area contributed by atoms with Crippen LogP contribution in [-0.2, 0) is 0 Å². The van der Waals surface area contributed by atoms with Crippen LogP contribution in [0.3, 0.4) is 0 Å². The van der Waals surface area contributed by atoms with Crippen LogP contribution in [-0.4, -0.2) is 0 Å². The number of hydrogen-bond donors (Lipinski definition) is 0. The van der Waals surface area contributed by atoms with E-state index in [1.54, 1.807) is 32.1 Å². The highest BCUT2D eigenvalue weighted by Gasteiger charge is 2.43. The van der Waals surface area contributed by atoms with Gasteiger partial charge in [0.15, 0.2) is 0 Å². The molecule has 0 aromatic rings. The van der Waals surface area contributed by atoms with E-state index in [1.807, 2.05) is 0 Å². The lowest BCUT2D eigenvalue weighted by Crippen LogP contribution is -2.40. The van der Waals surface area contributed by atoms with Crippen molar-refractivity contribution < 1.29 is 0 Å². The summed E-state index contributed by atoms with van der Waals surface area (Å²) in [5.74, 6) is 2.15. The maximum Gasteiger partial charge on any atom is -0.0241 e. The van der Waals surface area contributed by atoms with Crippen molar-refractivity contribution >= 4 is 0 Å². The van der Waals surface area contributed by atoms with Crippen LogP contribution in [0.25, 0.3) is 0 Å². The summed E-state index contributed by atoms with van der Waals surface area (Å²) in [4.78, 5) is 0. The van der Waals surface area contributed by atoms with Gasteiger partial charge in [-0.15, -0.1) is 0 Å². The molecule has 0 nitrogen and oxygen atoms in total. The van der Waals surface area contributed by atoms with Gasteiger partial charge in [-0.2, -0.15) is 0 Å². The van der Waals surface area contributed by atoms with Crippen molar-refractivity contribution in [2.45, 2.75) is 123 Å². The van der Waals surface area contributed by atoms with Gasteiger partial charge in [-0.05, 0) is 55.8 Å². The number of rotatable bonds is 9. The molecule has 0 bridgehead atoms. The summed E-state index contributed by atoms with van der Waals surface area (Å²) >= 11 is 0. The minimum absolute atomic E-state index is 0.739. The summed E-state index contributed by atoms with van der Waals surface area (Å²) in [5.41, 5.74) is 0.739. The van der Waals surface area contributed by atoms with Gasteiger partial charge in [0, 0.05) is 0 Å². The highest BCUT2D eigenvalue weighted by Crippen LogP contribution is 2.54. The molecular weight excluding hydrogens is 264 g/mol. The smallest absolute Gasteiger partial charge is 0.0241 e. The fourth-order valence-corrected chi connectivity index (χ4v) is 5.98. The molecule has 130 valence electrons. The normalized spacial score (nSPS) is 22.1. The summed E-state index contributed by atoms with van der Waals surface area (Å²) in [6, 6.07) is 0. The molecule has 0 saturated heterocycles. The topological polar surface area (TPSA) is 0 Å². The van der Waals surface area contributed by atoms with Gasteiger partial charge in [0.25, 0.3) is 0 Å². The fraction of sp³-hybridized carbons (Fsp3) is 1.00. The third-order valence-electron chi connectivity index (χ3n) is 7.05. The van der Waals surface area contributed by atoms with E-state index in [-0.39, 0.29) is 0 Å². The lowest BCUT2D eigenvalue weighted by atomic mass is 9.55. The number of unbranched alkanes of at least 4 members (excludes halogenated alkanes) is 3. The van der Waals surface area contributed by atoms with Crippen molar-refractivity contribution in [2.24, 2.45) is 17.3 Å². The van der Waals surface area contributed by atoms with E-state index >= 15 is 0 Å². The Balaban J connectivity index is 2.09. The zero-order valence-corrected chi connectivity index (χ0v) is 15.7. The third kappa shape index (κ3) is 4.75. The predicted octanol–water partition coefficient (Wildman–Crippen LogP) is 7.90. The fourth-order valence-electron chi connectivity index (χ4n) is 5.98. The molecule has 0 heteroatoms. The highest BCUT2D eigenvalue weighted by molar-refractivity contribution is 4.94. The number of hydrogen-bond acceptors (Lipinski definition) is 0. The van der Waals surface area contributed by atoms with Crippen LogP contribution in [0.4, 0.5) is 0 Å². The molecule has 2 rings (SSSR count). The summed E-state index contributed by atoms with van der Waals surface area (Å²) in [6.45, 7) is 4.80. The average molecular weight is 307 g/mol. The molecular formula is C22H42. The summed E-state index contributed by atoms with van der Waals surface area (Å²) < 4.78 is 0. The van der Waals surface area contributed by atoms with E-state index in [4.69, 9.17) is 0 Å². The second kappa shape index (κ2) is 9.99. The van der Waals surface area contributed by atoms with Crippen LogP contribution < -0.4 is 0 Å².